The maximum Gasteiger partial charge on any atom is 0.164 e. The summed E-state index contributed by atoms with van der Waals surface area (Å²) in [6.07, 6.45) is 0. The fourth-order valence-corrected chi connectivity index (χ4v) is 9.96. The molecule has 5 heteroatoms. The zero-order valence-electron chi connectivity index (χ0n) is 36.0. The Morgan fingerprint density at radius 1 is 0.284 bits per heavy atom. The van der Waals surface area contributed by atoms with Gasteiger partial charge in [0.25, 0.3) is 0 Å². The molecule has 67 heavy (non-hydrogen) atoms. The van der Waals surface area contributed by atoms with E-state index in [0.717, 1.165) is 66.3 Å². The average molecular weight is 853 g/mol. The number of fused-ring (bicyclic) bond motifs is 9. The summed E-state index contributed by atoms with van der Waals surface area (Å²) in [4.78, 5) is 15.3. The van der Waals surface area contributed by atoms with E-state index in [1.165, 1.54) is 48.8 Å². The normalized spacial score (nSPS) is 11.6. The number of benzene rings is 11. The summed E-state index contributed by atoms with van der Waals surface area (Å²) in [5, 5.41) is 21.1. The van der Waals surface area contributed by atoms with Crippen molar-refractivity contribution in [2.45, 2.75) is 0 Å². The molecule has 0 bridgehead atoms. The van der Waals surface area contributed by atoms with Crippen LogP contribution in [-0.2, 0) is 0 Å². The smallest absolute Gasteiger partial charge is 0.164 e. The lowest BCUT2D eigenvalue weighted by Crippen LogP contribution is -2.00. The van der Waals surface area contributed by atoms with Gasteiger partial charge in [-0.05, 0) is 125 Å². The Kier molecular flexibility index (Phi) is 8.84. The minimum atomic E-state index is 0.576. The van der Waals surface area contributed by atoms with E-state index in [-0.39, 0.29) is 0 Å². The molecule has 0 fully saturated rings. The summed E-state index contributed by atoms with van der Waals surface area (Å²) in [5.41, 5.74) is 11.7. The summed E-state index contributed by atoms with van der Waals surface area (Å²) in [6.45, 7) is 0. The summed E-state index contributed by atoms with van der Waals surface area (Å²) in [5.74, 6) is 1.77. The maximum atomic E-state index is 9.51. The zero-order chi connectivity index (χ0) is 44.4. The first-order valence-electron chi connectivity index (χ1n) is 22.4. The van der Waals surface area contributed by atoms with Gasteiger partial charge in [-0.15, -0.1) is 0 Å². The highest BCUT2D eigenvalue weighted by Gasteiger charge is 2.19. The SMILES string of the molecule is N#Cc1ccc(-c2cc3c4ccccc4c(-c4ccc(-c5cccc(-c6nc(-c7ccccc7)nc(-c7ccc8c(c7)oc7ccccc78)n6)c5)c5ccccc45)cc3c3ccccc23)cc1. The number of hydrogen-bond acceptors (Lipinski definition) is 5. The van der Waals surface area contributed by atoms with Crippen molar-refractivity contribution < 1.29 is 4.42 Å². The van der Waals surface area contributed by atoms with Crippen molar-refractivity contribution in [3.05, 3.63) is 224 Å². The molecule has 2 aromatic heterocycles. The van der Waals surface area contributed by atoms with Crippen molar-refractivity contribution in [2.24, 2.45) is 0 Å². The molecule has 5 nitrogen and oxygen atoms in total. The highest BCUT2D eigenvalue weighted by atomic mass is 16.3. The molecule has 13 rings (SSSR count). The van der Waals surface area contributed by atoms with Crippen LogP contribution >= 0.6 is 0 Å². The molecular formula is C62H36N4O. The van der Waals surface area contributed by atoms with Crippen LogP contribution in [0.25, 0.3) is 133 Å². The lowest BCUT2D eigenvalue weighted by atomic mass is 9.85. The summed E-state index contributed by atoms with van der Waals surface area (Å²) in [6, 6.07) is 78.5. The predicted molar refractivity (Wildman–Crippen MR) is 274 cm³/mol. The standard InChI is InChI=1S/C62H36N4O/c63-37-38-25-27-39(28-26-38)54-35-56-50-22-9-8-21-49(50)55(36-57(56)48-20-7-6-19-47(48)54)51-32-31-44(45-17-4-5-18-46(45)51)41-15-12-16-42(33-41)61-64-60(40-13-2-1-3-14-40)65-62(66-61)43-29-30-53-52-23-10-11-24-58(52)67-59(53)34-43/h1-36H. The molecule has 310 valence electrons. The molecule has 0 aliphatic rings. The van der Waals surface area contributed by atoms with Crippen LogP contribution < -0.4 is 0 Å². The summed E-state index contributed by atoms with van der Waals surface area (Å²) < 4.78 is 6.28. The molecule has 2 heterocycles. The van der Waals surface area contributed by atoms with Crippen molar-refractivity contribution in [3.8, 4) is 73.6 Å². The molecule has 0 saturated heterocycles. The van der Waals surface area contributed by atoms with Crippen LogP contribution in [0.1, 0.15) is 5.56 Å². The average Bonchev–Trinajstić information content (AvgIpc) is 3.78. The number of furan rings is 1. The molecule has 0 aliphatic heterocycles. The first-order chi connectivity index (χ1) is 33.1. The van der Waals surface area contributed by atoms with Gasteiger partial charge >= 0.3 is 0 Å². The summed E-state index contributed by atoms with van der Waals surface area (Å²) >= 11 is 0. The number of aromatic nitrogens is 3. The van der Waals surface area contributed by atoms with E-state index in [2.05, 4.69) is 158 Å². The molecule has 0 N–H and O–H groups in total. The van der Waals surface area contributed by atoms with Gasteiger partial charge < -0.3 is 4.42 Å². The van der Waals surface area contributed by atoms with Crippen molar-refractivity contribution in [1.29, 1.82) is 5.26 Å². The number of rotatable bonds is 6. The fraction of sp³-hybridized carbons (Fsp3) is 0. The minimum absolute atomic E-state index is 0.576. The van der Waals surface area contributed by atoms with Crippen molar-refractivity contribution >= 4 is 65.0 Å². The van der Waals surface area contributed by atoms with E-state index >= 15 is 0 Å². The number of hydrogen-bond donors (Lipinski definition) is 0. The van der Waals surface area contributed by atoms with Crippen LogP contribution in [-0.4, -0.2) is 15.0 Å². The minimum Gasteiger partial charge on any atom is -0.456 e. The second-order valence-corrected chi connectivity index (χ2v) is 17.0. The van der Waals surface area contributed by atoms with Crippen LogP contribution in [0, 0.1) is 11.3 Å². The van der Waals surface area contributed by atoms with Gasteiger partial charge in [0.1, 0.15) is 11.2 Å². The van der Waals surface area contributed by atoms with E-state index in [0.29, 0.717) is 23.0 Å². The lowest BCUT2D eigenvalue weighted by Gasteiger charge is -2.18. The van der Waals surface area contributed by atoms with Gasteiger partial charge in [0.2, 0.25) is 0 Å². The van der Waals surface area contributed by atoms with Crippen molar-refractivity contribution in [1.82, 2.24) is 15.0 Å². The Bertz CT molecular complexity index is 4170. The lowest BCUT2D eigenvalue weighted by molar-refractivity contribution is 0.669. The maximum absolute atomic E-state index is 9.51. The third kappa shape index (κ3) is 6.43. The molecule has 0 spiro atoms. The second kappa shape index (κ2) is 15.5. The Balaban J connectivity index is 0.952. The van der Waals surface area contributed by atoms with Crippen LogP contribution in [0.5, 0.6) is 0 Å². The Hall–Kier alpha value is -9.24. The number of nitrogens with zero attached hydrogens (tertiary/aromatic N) is 4. The van der Waals surface area contributed by atoms with E-state index in [9.17, 15) is 5.26 Å². The monoisotopic (exact) mass is 852 g/mol. The second-order valence-electron chi connectivity index (χ2n) is 17.0. The van der Waals surface area contributed by atoms with Gasteiger partial charge in [-0.3, -0.25) is 0 Å². The van der Waals surface area contributed by atoms with Crippen LogP contribution in [0.2, 0.25) is 0 Å². The third-order valence-corrected chi connectivity index (χ3v) is 13.2. The zero-order valence-corrected chi connectivity index (χ0v) is 36.0. The van der Waals surface area contributed by atoms with Crippen LogP contribution in [0.15, 0.2) is 223 Å². The van der Waals surface area contributed by atoms with Crippen molar-refractivity contribution in [3.63, 3.8) is 0 Å². The van der Waals surface area contributed by atoms with Crippen LogP contribution in [0.4, 0.5) is 0 Å². The highest BCUT2D eigenvalue weighted by molar-refractivity contribution is 6.25. The van der Waals surface area contributed by atoms with Crippen LogP contribution in [0.3, 0.4) is 0 Å². The number of nitriles is 1. The van der Waals surface area contributed by atoms with Gasteiger partial charge in [0.15, 0.2) is 17.5 Å². The van der Waals surface area contributed by atoms with Gasteiger partial charge in [0, 0.05) is 27.5 Å². The van der Waals surface area contributed by atoms with Gasteiger partial charge in [-0.25, -0.2) is 15.0 Å². The van der Waals surface area contributed by atoms with E-state index in [1.807, 2.05) is 66.7 Å². The van der Waals surface area contributed by atoms with Gasteiger partial charge in [-0.1, -0.05) is 170 Å². The van der Waals surface area contributed by atoms with E-state index < -0.39 is 0 Å². The van der Waals surface area contributed by atoms with Crippen molar-refractivity contribution in [2.75, 3.05) is 0 Å². The van der Waals surface area contributed by atoms with Gasteiger partial charge in [-0.2, -0.15) is 5.26 Å². The molecule has 0 unspecified atom stereocenters. The molecule has 11 aromatic carbocycles. The first kappa shape index (κ1) is 38.2. The van der Waals surface area contributed by atoms with Gasteiger partial charge in [0.05, 0.1) is 11.6 Å². The summed E-state index contributed by atoms with van der Waals surface area (Å²) in [7, 11) is 0. The molecule has 13 aromatic rings. The molecular weight excluding hydrogens is 817 g/mol. The molecule has 0 aliphatic carbocycles. The predicted octanol–water partition coefficient (Wildman–Crippen LogP) is 16.3. The fourth-order valence-electron chi connectivity index (χ4n) is 9.96. The first-order valence-corrected chi connectivity index (χ1v) is 22.4. The quantitative estimate of drug-likeness (QED) is 0.156. The highest BCUT2D eigenvalue weighted by Crippen LogP contribution is 2.45. The topological polar surface area (TPSA) is 75.6 Å². The third-order valence-electron chi connectivity index (χ3n) is 13.2. The van der Waals surface area contributed by atoms with E-state index in [1.54, 1.807) is 0 Å². The Labute approximate surface area is 385 Å². The molecule has 0 saturated carbocycles. The van der Waals surface area contributed by atoms with E-state index in [4.69, 9.17) is 19.4 Å². The largest absolute Gasteiger partial charge is 0.456 e. The number of para-hydroxylation sites is 1. The Morgan fingerprint density at radius 2 is 0.761 bits per heavy atom. The molecule has 0 amide bonds. The molecule has 0 radical (unpaired) electrons. The molecule has 0 atom stereocenters. The Morgan fingerprint density at radius 3 is 1.45 bits per heavy atom.